The largest absolute Gasteiger partial charge is 0.461 e. The van der Waals surface area contributed by atoms with Crippen LogP contribution < -0.4 is 0 Å². The monoisotopic (exact) mass is 197 g/mol. The summed E-state index contributed by atoms with van der Waals surface area (Å²) in [5.41, 5.74) is 0. The van der Waals surface area contributed by atoms with Gasteiger partial charge in [-0.25, -0.2) is 0 Å². The Hall–Kier alpha value is -1.19. The highest BCUT2D eigenvalue weighted by Gasteiger charge is 2.41. The van der Waals surface area contributed by atoms with E-state index >= 15 is 0 Å². The summed E-state index contributed by atoms with van der Waals surface area (Å²) in [7, 11) is 0. The van der Waals surface area contributed by atoms with Gasteiger partial charge in [0.1, 0.15) is 12.1 Å². The van der Waals surface area contributed by atoms with Crippen molar-refractivity contribution in [2.45, 2.75) is 32.4 Å². The van der Waals surface area contributed by atoms with Gasteiger partial charge in [0, 0.05) is 12.3 Å². The summed E-state index contributed by atoms with van der Waals surface area (Å²) in [6.45, 7) is 7.14. The molecule has 78 valence electrons. The summed E-state index contributed by atoms with van der Waals surface area (Å²) in [6.07, 6.45) is 2.01. The SMILES string of the molecule is C=CC[C@@H]1OC(=O)[C@H](C)[C@@H](N=O)[C@H]1C. The van der Waals surface area contributed by atoms with Gasteiger partial charge < -0.3 is 4.74 Å². The van der Waals surface area contributed by atoms with Gasteiger partial charge in [-0.15, -0.1) is 6.58 Å². The van der Waals surface area contributed by atoms with Crippen molar-refractivity contribution in [1.82, 2.24) is 0 Å². The molecule has 0 unspecified atom stereocenters. The molecule has 1 heterocycles. The Bertz CT molecular complexity index is 252. The number of hydrogen-bond acceptors (Lipinski definition) is 4. The van der Waals surface area contributed by atoms with Crippen molar-refractivity contribution in [2.24, 2.45) is 17.0 Å². The Balaban J connectivity index is 2.79. The lowest BCUT2D eigenvalue weighted by molar-refractivity contribution is -0.165. The van der Waals surface area contributed by atoms with Crippen molar-refractivity contribution >= 4 is 5.97 Å². The molecule has 0 aromatic rings. The van der Waals surface area contributed by atoms with Gasteiger partial charge >= 0.3 is 5.97 Å². The Morgan fingerprint density at radius 3 is 2.71 bits per heavy atom. The molecule has 1 fully saturated rings. The first-order valence-corrected chi connectivity index (χ1v) is 4.75. The number of hydrogen-bond donors (Lipinski definition) is 0. The quantitative estimate of drug-likeness (QED) is 0.394. The number of carbonyl (C=O) groups excluding carboxylic acids is 1. The first-order valence-electron chi connectivity index (χ1n) is 4.75. The number of esters is 1. The predicted octanol–water partition coefficient (Wildman–Crippen LogP) is 1.90. The number of nitrogens with zero attached hydrogens (tertiary/aromatic N) is 1. The molecule has 0 aromatic carbocycles. The van der Waals surface area contributed by atoms with Crippen LogP contribution >= 0.6 is 0 Å². The van der Waals surface area contributed by atoms with E-state index in [1.54, 1.807) is 13.0 Å². The molecule has 0 N–H and O–H groups in total. The average Bonchev–Trinajstić information content (AvgIpc) is 2.16. The second kappa shape index (κ2) is 4.35. The first-order chi connectivity index (χ1) is 6.61. The number of ether oxygens (including phenoxy) is 1. The van der Waals surface area contributed by atoms with E-state index in [2.05, 4.69) is 11.8 Å². The van der Waals surface area contributed by atoms with E-state index in [1.807, 2.05) is 6.92 Å². The van der Waals surface area contributed by atoms with Gasteiger partial charge in [-0.1, -0.05) is 18.2 Å². The van der Waals surface area contributed by atoms with Crippen LogP contribution in [0.25, 0.3) is 0 Å². The molecule has 4 heteroatoms. The summed E-state index contributed by atoms with van der Waals surface area (Å²) in [4.78, 5) is 21.9. The highest BCUT2D eigenvalue weighted by Crippen LogP contribution is 2.30. The molecule has 0 saturated carbocycles. The van der Waals surface area contributed by atoms with E-state index in [9.17, 15) is 9.70 Å². The van der Waals surface area contributed by atoms with E-state index < -0.39 is 12.0 Å². The zero-order valence-corrected chi connectivity index (χ0v) is 8.47. The summed E-state index contributed by atoms with van der Waals surface area (Å²) < 4.78 is 5.17. The molecule has 0 spiro atoms. The number of rotatable bonds is 3. The van der Waals surface area contributed by atoms with Gasteiger partial charge in [0.25, 0.3) is 0 Å². The van der Waals surface area contributed by atoms with Crippen molar-refractivity contribution in [3.8, 4) is 0 Å². The van der Waals surface area contributed by atoms with Crippen LogP contribution in [-0.4, -0.2) is 18.1 Å². The van der Waals surface area contributed by atoms with Gasteiger partial charge in [0.2, 0.25) is 0 Å². The van der Waals surface area contributed by atoms with Crippen molar-refractivity contribution < 1.29 is 9.53 Å². The third kappa shape index (κ3) is 1.84. The lowest BCUT2D eigenvalue weighted by atomic mass is 9.83. The fourth-order valence-corrected chi connectivity index (χ4v) is 1.79. The van der Waals surface area contributed by atoms with Crippen molar-refractivity contribution in [3.63, 3.8) is 0 Å². The van der Waals surface area contributed by atoms with E-state index in [1.165, 1.54) is 0 Å². The molecule has 0 radical (unpaired) electrons. The van der Waals surface area contributed by atoms with E-state index in [0.717, 1.165) is 0 Å². The third-order valence-electron chi connectivity index (χ3n) is 2.80. The molecule has 0 aliphatic carbocycles. The standard InChI is InChI=1S/C10H15NO3/c1-4-5-8-6(2)9(11-13)7(3)10(12)14-8/h4,6-9H,1,5H2,2-3H3/t6-,7+,8-,9-/m0/s1. The Morgan fingerprint density at radius 2 is 2.21 bits per heavy atom. The maximum Gasteiger partial charge on any atom is 0.311 e. The highest BCUT2D eigenvalue weighted by molar-refractivity contribution is 5.74. The van der Waals surface area contributed by atoms with Crippen molar-refractivity contribution in [3.05, 3.63) is 17.6 Å². The van der Waals surface area contributed by atoms with Gasteiger partial charge in [-0.05, 0) is 6.92 Å². The van der Waals surface area contributed by atoms with E-state index in [4.69, 9.17) is 4.74 Å². The molecule has 1 rings (SSSR count). The van der Waals surface area contributed by atoms with E-state index in [-0.39, 0.29) is 18.0 Å². The zero-order valence-electron chi connectivity index (χ0n) is 8.47. The smallest absolute Gasteiger partial charge is 0.311 e. The Kier molecular flexibility index (Phi) is 3.38. The molecule has 0 aromatic heterocycles. The number of carbonyl (C=O) groups is 1. The summed E-state index contributed by atoms with van der Waals surface area (Å²) in [5, 5.41) is 3.01. The van der Waals surface area contributed by atoms with Crippen LogP contribution in [0, 0.1) is 16.7 Å². The van der Waals surface area contributed by atoms with Crippen LogP contribution in [0.3, 0.4) is 0 Å². The molecule has 1 aliphatic rings. The third-order valence-corrected chi connectivity index (χ3v) is 2.80. The van der Waals surface area contributed by atoms with Gasteiger partial charge in [0.05, 0.1) is 5.92 Å². The second-order valence-corrected chi connectivity index (χ2v) is 3.74. The minimum absolute atomic E-state index is 0.0294. The normalized spacial score (nSPS) is 37.4. The molecule has 1 saturated heterocycles. The van der Waals surface area contributed by atoms with Crippen LogP contribution in [0.1, 0.15) is 20.3 Å². The fourth-order valence-electron chi connectivity index (χ4n) is 1.79. The van der Waals surface area contributed by atoms with Crippen LogP contribution in [0.4, 0.5) is 0 Å². The highest BCUT2D eigenvalue weighted by atomic mass is 16.5. The number of nitroso groups, excluding NO2 is 1. The first kappa shape index (κ1) is 10.9. The molecule has 0 bridgehead atoms. The minimum atomic E-state index is -0.471. The van der Waals surface area contributed by atoms with Crippen LogP contribution in [-0.2, 0) is 9.53 Å². The molecular weight excluding hydrogens is 182 g/mol. The van der Waals surface area contributed by atoms with Crippen LogP contribution in [0.2, 0.25) is 0 Å². The molecule has 4 nitrogen and oxygen atoms in total. The summed E-state index contributed by atoms with van der Waals surface area (Å²) >= 11 is 0. The lowest BCUT2D eigenvalue weighted by Crippen LogP contribution is -2.45. The fraction of sp³-hybridized carbons (Fsp3) is 0.700. The molecule has 0 amide bonds. The Morgan fingerprint density at radius 1 is 1.57 bits per heavy atom. The average molecular weight is 197 g/mol. The number of cyclic esters (lactones) is 1. The second-order valence-electron chi connectivity index (χ2n) is 3.74. The lowest BCUT2D eigenvalue weighted by Gasteiger charge is -2.34. The minimum Gasteiger partial charge on any atom is -0.461 e. The van der Waals surface area contributed by atoms with Crippen LogP contribution in [0.15, 0.2) is 17.8 Å². The topological polar surface area (TPSA) is 55.7 Å². The van der Waals surface area contributed by atoms with E-state index in [0.29, 0.717) is 6.42 Å². The predicted molar refractivity (Wildman–Crippen MR) is 52.6 cm³/mol. The van der Waals surface area contributed by atoms with Gasteiger partial charge in [0.15, 0.2) is 0 Å². The summed E-state index contributed by atoms with van der Waals surface area (Å²) in [5.74, 6) is -0.790. The zero-order chi connectivity index (χ0) is 10.7. The molecule has 14 heavy (non-hydrogen) atoms. The van der Waals surface area contributed by atoms with Gasteiger partial charge in [-0.3, -0.25) is 4.79 Å². The van der Waals surface area contributed by atoms with Crippen LogP contribution in [0.5, 0.6) is 0 Å². The Labute approximate surface area is 83.3 Å². The van der Waals surface area contributed by atoms with Crippen molar-refractivity contribution in [1.29, 1.82) is 0 Å². The molecule has 1 aliphatic heterocycles. The van der Waals surface area contributed by atoms with Gasteiger partial charge in [-0.2, -0.15) is 4.91 Å². The summed E-state index contributed by atoms with van der Waals surface area (Å²) in [6, 6.07) is -0.471. The molecular formula is C10H15NO3. The van der Waals surface area contributed by atoms with Crippen molar-refractivity contribution in [2.75, 3.05) is 0 Å². The maximum absolute atomic E-state index is 11.3. The molecule has 4 atom stereocenters. The maximum atomic E-state index is 11.3.